The van der Waals surface area contributed by atoms with Crippen molar-refractivity contribution in [3.05, 3.63) is 83.9 Å². The quantitative estimate of drug-likeness (QED) is 0.667. The molecule has 3 nitrogen and oxygen atoms in total. The van der Waals surface area contributed by atoms with Gasteiger partial charge in [-0.05, 0) is 39.9 Å². The third-order valence-electron chi connectivity index (χ3n) is 5.26. The third-order valence-corrected chi connectivity index (χ3v) is 5.26. The van der Waals surface area contributed by atoms with Crippen molar-refractivity contribution >= 4 is 5.78 Å². The van der Waals surface area contributed by atoms with Gasteiger partial charge in [0, 0.05) is 5.56 Å². The number of Topliss-reactive ketones (excluding diaryl/α,β-unsaturated/α-hetero) is 1. The average Bonchev–Trinajstić information content (AvgIpc) is 2.97. The Morgan fingerprint density at radius 1 is 0.793 bits per heavy atom. The first-order chi connectivity index (χ1) is 13.8. The average molecular weight is 398 g/mol. The van der Waals surface area contributed by atoms with Crippen LogP contribution in [0.1, 0.15) is 22.0 Å². The van der Waals surface area contributed by atoms with E-state index in [0.717, 1.165) is 11.1 Å². The van der Waals surface area contributed by atoms with Crippen LogP contribution in [0, 0.1) is 5.92 Å². The Kier molecular flexibility index (Phi) is 4.76. The molecule has 6 heteroatoms. The molecule has 29 heavy (non-hydrogen) atoms. The molecule has 3 unspecified atom stereocenters. The van der Waals surface area contributed by atoms with E-state index in [-0.39, 0.29) is 11.1 Å². The SMILES string of the molecule is O=C1c2cc(-c3ccccc3)c(-c3ccccc3)cc2C(O)C1C(O)C(F)(F)F. The van der Waals surface area contributed by atoms with Crippen LogP contribution in [0.25, 0.3) is 22.3 Å². The normalized spacial score (nSPS) is 19.8. The molecule has 0 amide bonds. The van der Waals surface area contributed by atoms with Gasteiger partial charge in [-0.2, -0.15) is 13.2 Å². The van der Waals surface area contributed by atoms with Crippen LogP contribution in [0.3, 0.4) is 0 Å². The summed E-state index contributed by atoms with van der Waals surface area (Å²) in [5, 5.41) is 20.2. The Bertz CT molecular complexity index is 1050. The zero-order valence-electron chi connectivity index (χ0n) is 15.1. The summed E-state index contributed by atoms with van der Waals surface area (Å²) in [5.41, 5.74) is 3.04. The molecule has 0 aliphatic heterocycles. The maximum Gasteiger partial charge on any atom is 0.415 e. The van der Waals surface area contributed by atoms with Gasteiger partial charge in [0.15, 0.2) is 11.9 Å². The lowest BCUT2D eigenvalue weighted by Gasteiger charge is -2.22. The van der Waals surface area contributed by atoms with Gasteiger partial charge in [-0.3, -0.25) is 4.79 Å². The molecule has 3 aromatic carbocycles. The van der Waals surface area contributed by atoms with Crippen molar-refractivity contribution in [3.63, 3.8) is 0 Å². The van der Waals surface area contributed by atoms with E-state index in [1.165, 1.54) is 6.07 Å². The topological polar surface area (TPSA) is 57.5 Å². The molecule has 3 atom stereocenters. The van der Waals surface area contributed by atoms with E-state index >= 15 is 0 Å². The lowest BCUT2D eigenvalue weighted by atomic mass is 9.90. The zero-order chi connectivity index (χ0) is 20.8. The largest absolute Gasteiger partial charge is 0.415 e. The number of carbonyl (C=O) groups excluding carboxylic acids is 1. The molecule has 4 rings (SSSR count). The number of halogens is 3. The maximum atomic E-state index is 13.0. The van der Waals surface area contributed by atoms with Crippen molar-refractivity contribution in [1.82, 2.24) is 0 Å². The molecule has 0 fully saturated rings. The Balaban J connectivity index is 1.91. The van der Waals surface area contributed by atoms with E-state index in [1.54, 1.807) is 6.07 Å². The summed E-state index contributed by atoms with van der Waals surface area (Å²) in [7, 11) is 0. The first-order valence-electron chi connectivity index (χ1n) is 9.05. The molecular weight excluding hydrogens is 381 g/mol. The summed E-state index contributed by atoms with van der Waals surface area (Å²) in [5.74, 6) is -2.88. The highest BCUT2D eigenvalue weighted by Crippen LogP contribution is 2.46. The second-order valence-corrected chi connectivity index (χ2v) is 7.04. The number of alkyl halides is 3. The highest BCUT2D eigenvalue weighted by molar-refractivity contribution is 6.05. The number of fused-ring (bicyclic) bond motifs is 1. The molecule has 0 radical (unpaired) electrons. The number of aliphatic hydroxyl groups excluding tert-OH is 2. The van der Waals surface area contributed by atoms with Crippen LogP contribution in [-0.4, -0.2) is 28.3 Å². The summed E-state index contributed by atoms with van der Waals surface area (Å²) in [6, 6.07) is 21.4. The number of hydrogen-bond donors (Lipinski definition) is 2. The van der Waals surface area contributed by atoms with Crippen molar-refractivity contribution in [1.29, 1.82) is 0 Å². The number of carbonyl (C=O) groups is 1. The molecule has 0 saturated heterocycles. The number of aliphatic hydroxyl groups is 2. The molecule has 0 aromatic heterocycles. The van der Waals surface area contributed by atoms with Gasteiger partial charge in [0.2, 0.25) is 0 Å². The van der Waals surface area contributed by atoms with Gasteiger partial charge in [0.1, 0.15) is 0 Å². The van der Waals surface area contributed by atoms with Gasteiger partial charge in [-0.1, -0.05) is 60.7 Å². The lowest BCUT2D eigenvalue weighted by molar-refractivity contribution is -0.221. The van der Waals surface area contributed by atoms with E-state index in [1.807, 2.05) is 60.7 Å². The summed E-state index contributed by atoms with van der Waals surface area (Å²) >= 11 is 0. The number of ketones is 1. The van der Waals surface area contributed by atoms with Crippen LogP contribution >= 0.6 is 0 Å². The van der Waals surface area contributed by atoms with Crippen LogP contribution < -0.4 is 0 Å². The molecule has 0 spiro atoms. The molecule has 148 valence electrons. The van der Waals surface area contributed by atoms with E-state index in [0.29, 0.717) is 11.1 Å². The molecule has 0 bridgehead atoms. The summed E-state index contributed by atoms with van der Waals surface area (Å²) in [6.07, 6.45) is -9.67. The number of hydrogen-bond acceptors (Lipinski definition) is 3. The van der Waals surface area contributed by atoms with Gasteiger partial charge >= 0.3 is 6.18 Å². The molecule has 0 saturated carbocycles. The first-order valence-corrected chi connectivity index (χ1v) is 9.05. The van der Waals surface area contributed by atoms with E-state index in [2.05, 4.69) is 0 Å². The fourth-order valence-electron chi connectivity index (χ4n) is 3.82. The molecule has 2 N–H and O–H groups in total. The van der Waals surface area contributed by atoms with Crippen LogP contribution in [-0.2, 0) is 0 Å². The van der Waals surface area contributed by atoms with Gasteiger partial charge in [-0.25, -0.2) is 0 Å². The summed E-state index contributed by atoms with van der Waals surface area (Å²) in [4.78, 5) is 12.7. The number of benzene rings is 3. The first kappa shape index (κ1) is 19.4. The monoisotopic (exact) mass is 398 g/mol. The van der Waals surface area contributed by atoms with Gasteiger partial charge in [0.05, 0.1) is 12.0 Å². The van der Waals surface area contributed by atoms with Gasteiger partial charge in [0.25, 0.3) is 0 Å². The van der Waals surface area contributed by atoms with Crippen LogP contribution in [0.4, 0.5) is 13.2 Å². The minimum atomic E-state index is -5.01. The molecular formula is C23H17F3O3. The van der Waals surface area contributed by atoms with Crippen LogP contribution in [0.15, 0.2) is 72.8 Å². The molecule has 0 heterocycles. The molecule has 3 aromatic rings. The van der Waals surface area contributed by atoms with Crippen molar-refractivity contribution in [2.24, 2.45) is 5.92 Å². The Morgan fingerprint density at radius 2 is 1.28 bits per heavy atom. The molecule has 1 aliphatic rings. The van der Waals surface area contributed by atoms with Gasteiger partial charge in [-0.15, -0.1) is 0 Å². The Hall–Kier alpha value is -2.96. The predicted octanol–water partition coefficient (Wildman–Crippen LogP) is 4.79. The van der Waals surface area contributed by atoms with Crippen molar-refractivity contribution < 1.29 is 28.2 Å². The zero-order valence-corrected chi connectivity index (χ0v) is 15.1. The van der Waals surface area contributed by atoms with Crippen molar-refractivity contribution in [2.75, 3.05) is 0 Å². The number of rotatable bonds is 3. The second-order valence-electron chi connectivity index (χ2n) is 7.04. The highest BCUT2D eigenvalue weighted by atomic mass is 19.4. The predicted molar refractivity (Wildman–Crippen MR) is 102 cm³/mol. The Morgan fingerprint density at radius 3 is 1.76 bits per heavy atom. The fourth-order valence-corrected chi connectivity index (χ4v) is 3.82. The standard InChI is InChI=1S/C23H17F3O3/c24-23(25,26)22(29)19-20(27)17-11-15(13-7-3-1-4-8-13)16(12-18(17)21(19)28)14-9-5-2-6-10-14/h1-12,19-20,22,27,29H. The van der Waals surface area contributed by atoms with Gasteiger partial charge < -0.3 is 10.2 Å². The second kappa shape index (κ2) is 7.13. The summed E-state index contributed by atoms with van der Waals surface area (Å²) < 4.78 is 39.1. The lowest BCUT2D eigenvalue weighted by Crippen LogP contribution is -2.40. The third kappa shape index (κ3) is 3.34. The molecule has 1 aliphatic carbocycles. The van der Waals surface area contributed by atoms with E-state index in [4.69, 9.17) is 0 Å². The minimum absolute atomic E-state index is 0.00401. The maximum absolute atomic E-state index is 13.0. The fraction of sp³-hybridized carbons (Fsp3) is 0.174. The van der Waals surface area contributed by atoms with Crippen LogP contribution in [0.5, 0.6) is 0 Å². The highest BCUT2D eigenvalue weighted by Gasteiger charge is 2.53. The summed E-state index contributed by atoms with van der Waals surface area (Å²) in [6.45, 7) is 0. The van der Waals surface area contributed by atoms with E-state index in [9.17, 15) is 28.2 Å². The van der Waals surface area contributed by atoms with Crippen molar-refractivity contribution in [3.8, 4) is 22.3 Å². The minimum Gasteiger partial charge on any atom is -0.388 e. The van der Waals surface area contributed by atoms with Crippen LogP contribution in [0.2, 0.25) is 0 Å². The Labute approximate surface area is 165 Å². The van der Waals surface area contributed by atoms with E-state index < -0.39 is 30.1 Å². The smallest absolute Gasteiger partial charge is 0.388 e. The van der Waals surface area contributed by atoms with Crippen molar-refractivity contribution in [2.45, 2.75) is 18.4 Å².